The summed E-state index contributed by atoms with van der Waals surface area (Å²) in [5, 5.41) is 23.2. The lowest BCUT2D eigenvalue weighted by molar-refractivity contribution is -0.143. The molecule has 2 unspecified atom stereocenters. The number of esters is 1. The van der Waals surface area contributed by atoms with E-state index in [9.17, 15) is 19.8 Å². The van der Waals surface area contributed by atoms with Gasteiger partial charge in [0.1, 0.15) is 0 Å². The average Bonchev–Trinajstić information content (AvgIpc) is 3.40. The van der Waals surface area contributed by atoms with E-state index in [1.54, 1.807) is 0 Å². The van der Waals surface area contributed by atoms with E-state index in [1.807, 2.05) is 0 Å². The summed E-state index contributed by atoms with van der Waals surface area (Å²) in [5.74, 6) is -0.0133. The number of aliphatic hydroxyl groups is 2. The Morgan fingerprint density at radius 3 is 0.959 bits per heavy atom. The van der Waals surface area contributed by atoms with E-state index < -0.39 is 12.1 Å². The molecule has 3 N–H and O–H groups in total. The summed E-state index contributed by atoms with van der Waals surface area (Å²) in [5.41, 5.74) is 0. The highest BCUT2D eigenvalue weighted by atomic mass is 16.5. The van der Waals surface area contributed by atoms with E-state index in [4.69, 9.17) is 4.74 Å². The van der Waals surface area contributed by atoms with Gasteiger partial charge in [0.2, 0.25) is 5.91 Å². The number of amides is 1. The van der Waals surface area contributed by atoms with Crippen LogP contribution in [0.5, 0.6) is 0 Å². The monoisotopic (exact) mass is 1040 g/mol. The molecule has 0 aromatic rings. The van der Waals surface area contributed by atoms with Gasteiger partial charge in [-0.3, -0.25) is 9.59 Å². The normalized spacial score (nSPS) is 12.5. The zero-order valence-electron chi connectivity index (χ0n) is 50.4. The minimum Gasteiger partial charge on any atom is -0.466 e. The smallest absolute Gasteiger partial charge is 0.305 e. The van der Waals surface area contributed by atoms with E-state index in [0.717, 1.165) is 44.9 Å². The molecular formula is C68H133NO5. The molecule has 0 fully saturated rings. The van der Waals surface area contributed by atoms with Crippen LogP contribution in [0.3, 0.4) is 0 Å². The number of unbranched alkanes of at least 4 members (excludes halogenated alkanes) is 51. The summed E-state index contributed by atoms with van der Waals surface area (Å²) >= 11 is 0. The lowest BCUT2D eigenvalue weighted by atomic mass is 10.0. The maximum Gasteiger partial charge on any atom is 0.305 e. The number of ether oxygens (including phenoxy) is 1. The predicted molar refractivity (Wildman–Crippen MR) is 324 cm³/mol. The highest BCUT2D eigenvalue weighted by Crippen LogP contribution is 2.19. The lowest BCUT2D eigenvalue weighted by Crippen LogP contribution is -2.45. The van der Waals surface area contributed by atoms with Crippen molar-refractivity contribution in [3.63, 3.8) is 0 Å². The maximum absolute atomic E-state index is 12.4. The summed E-state index contributed by atoms with van der Waals surface area (Å²) < 4.78 is 5.50. The second-order valence-corrected chi connectivity index (χ2v) is 23.5. The first-order chi connectivity index (χ1) is 36.5. The first-order valence-electron chi connectivity index (χ1n) is 33.9. The van der Waals surface area contributed by atoms with Crippen LogP contribution in [-0.2, 0) is 14.3 Å². The van der Waals surface area contributed by atoms with Crippen molar-refractivity contribution in [2.45, 2.75) is 398 Å². The fourth-order valence-corrected chi connectivity index (χ4v) is 10.9. The average molecular weight is 1040 g/mol. The number of carbonyl (C=O) groups is 2. The largest absolute Gasteiger partial charge is 0.466 e. The Balaban J connectivity index is 3.29. The molecule has 1 amide bonds. The third-order valence-corrected chi connectivity index (χ3v) is 16.1. The fourth-order valence-electron chi connectivity index (χ4n) is 10.9. The van der Waals surface area contributed by atoms with Crippen molar-refractivity contribution in [3.05, 3.63) is 12.2 Å². The molecule has 0 aromatic carbocycles. The number of aliphatic hydroxyl groups excluding tert-OH is 2. The molecule has 0 aliphatic carbocycles. The number of hydrogen-bond donors (Lipinski definition) is 3. The van der Waals surface area contributed by atoms with Crippen LogP contribution in [0, 0.1) is 0 Å². The van der Waals surface area contributed by atoms with Gasteiger partial charge in [0.05, 0.1) is 25.4 Å². The van der Waals surface area contributed by atoms with Crippen LogP contribution in [0.2, 0.25) is 0 Å². The molecule has 0 radical (unpaired) electrons. The quantitative estimate of drug-likeness (QED) is 0.0320. The lowest BCUT2D eigenvalue weighted by Gasteiger charge is -2.22. The van der Waals surface area contributed by atoms with Gasteiger partial charge in [-0.05, 0) is 51.4 Å². The second kappa shape index (κ2) is 64.1. The SMILES string of the molecule is CCCCCCCC/C=C\CCCCCCCCCC(=O)OCCCCCCCCCCCCCCCCCCCCCCCCCCCCCCCCC(=O)NC(CO)C(O)CCCCCCCCCCCC. The van der Waals surface area contributed by atoms with Crippen molar-refractivity contribution in [2.75, 3.05) is 13.2 Å². The van der Waals surface area contributed by atoms with Crippen LogP contribution in [0.4, 0.5) is 0 Å². The molecule has 2 atom stereocenters. The van der Waals surface area contributed by atoms with Gasteiger partial charge in [-0.1, -0.05) is 334 Å². The van der Waals surface area contributed by atoms with E-state index in [1.165, 1.54) is 308 Å². The van der Waals surface area contributed by atoms with Crippen LogP contribution in [-0.4, -0.2) is 47.4 Å². The Hall–Kier alpha value is -1.40. The van der Waals surface area contributed by atoms with Crippen LogP contribution in [0.1, 0.15) is 386 Å². The summed E-state index contributed by atoms with van der Waals surface area (Å²) in [6.07, 6.45) is 78.4. The fraction of sp³-hybridized carbons (Fsp3) is 0.941. The van der Waals surface area contributed by atoms with Crippen molar-refractivity contribution in [3.8, 4) is 0 Å². The minimum atomic E-state index is -0.659. The summed E-state index contributed by atoms with van der Waals surface area (Å²) in [7, 11) is 0. The Morgan fingerprint density at radius 1 is 0.365 bits per heavy atom. The third-order valence-electron chi connectivity index (χ3n) is 16.1. The molecule has 0 spiro atoms. The summed E-state index contributed by atoms with van der Waals surface area (Å²) in [4.78, 5) is 24.5. The Morgan fingerprint density at radius 2 is 0.635 bits per heavy atom. The molecule has 0 bridgehead atoms. The molecule has 440 valence electrons. The molecule has 0 saturated carbocycles. The van der Waals surface area contributed by atoms with Gasteiger partial charge in [-0.25, -0.2) is 0 Å². The molecule has 0 rings (SSSR count). The van der Waals surface area contributed by atoms with Gasteiger partial charge in [0.25, 0.3) is 0 Å². The molecule has 6 heteroatoms. The maximum atomic E-state index is 12.4. The number of hydrogen-bond acceptors (Lipinski definition) is 5. The van der Waals surface area contributed by atoms with Crippen LogP contribution >= 0.6 is 0 Å². The van der Waals surface area contributed by atoms with Gasteiger partial charge in [-0.2, -0.15) is 0 Å². The molecule has 0 aliphatic heterocycles. The standard InChI is InChI=1S/C68H133NO5/c1-3-5-7-9-11-13-15-16-17-32-36-39-42-46-50-54-58-62-68(73)74-63-59-55-51-47-43-40-37-34-31-29-27-25-23-21-19-18-20-22-24-26-28-30-33-35-38-41-45-49-53-57-61-67(72)69-65(64-70)66(71)60-56-52-48-44-14-12-10-8-6-4-2/h16-17,65-66,70-71H,3-15,18-64H2,1-2H3,(H,69,72)/b17-16-. The molecule has 6 nitrogen and oxygen atoms in total. The zero-order valence-corrected chi connectivity index (χ0v) is 50.4. The van der Waals surface area contributed by atoms with Gasteiger partial charge in [-0.15, -0.1) is 0 Å². The van der Waals surface area contributed by atoms with Gasteiger partial charge in [0.15, 0.2) is 0 Å². The number of rotatable bonds is 64. The Kier molecular flexibility index (Phi) is 62.9. The molecule has 0 heterocycles. The van der Waals surface area contributed by atoms with Crippen molar-refractivity contribution >= 4 is 11.9 Å². The molecule has 74 heavy (non-hydrogen) atoms. The van der Waals surface area contributed by atoms with E-state index in [0.29, 0.717) is 25.9 Å². The Bertz CT molecular complexity index is 1110. The van der Waals surface area contributed by atoms with E-state index in [-0.39, 0.29) is 18.5 Å². The topological polar surface area (TPSA) is 95.9 Å². The summed E-state index contributed by atoms with van der Waals surface area (Å²) in [6.45, 7) is 4.96. The van der Waals surface area contributed by atoms with Gasteiger partial charge >= 0.3 is 5.97 Å². The highest BCUT2D eigenvalue weighted by Gasteiger charge is 2.20. The summed E-state index contributed by atoms with van der Waals surface area (Å²) in [6, 6.07) is -0.536. The predicted octanol–water partition coefficient (Wildman–Crippen LogP) is 21.6. The van der Waals surface area contributed by atoms with E-state index in [2.05, 4.69) is 31.3 Å². The highest BCUT2D eigenvalue weighted by molar-refractivity contribution is 5.76. The van der Waals surface area contributed by atoms with Gasteiger partial charge in [0, 0.05) is 12.8 Å². The zero-order chi connectivity index (χ0) is 53.6. The first-order valence-corrected chi connectivity index (χ1v) is 33.9. The number of nitrogens with one attached hydrogen (secondary N) is 1. The first kappa shape index (κ1) is 72.6. The molecule has 0 aliphatic rings. The Labute approximate surface area is 463 Å². The van der Waals surface area contributed by atoms with Crippen LogP contribution in [0.25, 0.3) is 0 Å². The van der Waals surface area contributed by atoms with Crippen molar-refractivity contribution in [2.24, 2.45) is 0 Å². The molecular weight excluding hydrogens is 911 g/mol. The second-order valence-electron chi connectivity index (χ2n) is 23.5. The van der Waals surface area contributed by atoms with Gasteiger partial charge < -0.3 is 20.3 Å². The number of carbonyl (C=O) groups excluding carboxylic acids is 2. The molecule has 0 aromatic heterocycles. The minimum absolute atomic E-state index is 0.0175. The third kappa shape index (κ3) is 59.8. The molecule has 0 saturated heterocycles. The number of allylic oxidation sites excluding steroid dienone is 2. The van der Waals surface area contributed by atoms with Crippen molar-refractivity contribution in [1.82, 2.24) is 5.32 Å². The van der Waals surface area contributed by atoms with Crippen molar-refractivity contribution in [1.29, 1.82) is 0 Å². The van der Waals surface area contributed by atoms with E-state index >= 15 is 0 Å². The van der Waals surface area contributed by atoms with Crippen LogP contribution < -0.4 is 5.32 Å². The van der Waals surface area contributed by atoms with Crippen molar-refractivity contribution < 1.29 is 24.5 Å². The van der Waals surface area contributed by atoms with Crippen LogP contribution in [0.15, 0.2) is 12.2 Å².